The molecule has 0 radical (unpaired) electrons. The fourth-order valence-corrected chi connectivity index (χ4v) is 5.52. The lowest BCUT2D eigenvalue weighted by Crippen LogP contribution is -2.55. The molecule has 48 heavy (non-hydrogen) atoms. The molecule has 0 aromatic rings. The highest BCUT2D eigenvalue weighted by molar-refractivity contribution is 5.70. The number of esters is 2. The number of aliphatic carboxylic acids is 1. The third-order valence-electron chi connectivity index (χ3n) is 8.62. The van der Waals surface area contributed by atoms with Gasteiger partial charge in [0.05, 0.1) is 40.3 Å². The second-order valence-corrected chi connectivity index (χ2v) is 14.2. The number of ether oxygens (including phenoxy) is 3. The number of unbranched alkanes of at least 4 members (excludes halogenated alkanes) is 17. The number of nitrogens with zero attached hydrogens (tertiary/aromatic N) is 1. The van der Waals surface area contributed by atoms with Crippen molar-refractivity contribution in [1.29, 1.82) is 0 Å². The van der Waals surface area contributed by atoms with Gasteiger partial charge in [-0.3, -0.25) is 9.59 Å². The number of quaternary nitrogens is 1. The minimum Gasteiger partial charge on any atom is -0.544 e. The van der Waals surface area contributed by atoms with E-state index in [0.29, 0.717) is 6.42 Å². The van der Waals surface area contributed by atoms with Crippen LogP contribution in [0.15, 0.2) is 24.3 Å². The Kier molecular flexibility index (Phi) is 30.6. The van der Waals surface area contributed by atoms with Crippen molar-refractivity contribution in [2.75, 3.05) is 41.0 Å². The summed E-state index contributed by atoms with van der Waals surface area (Å²) in [7, 11) is 5.39. The van der Waals surface area contributed by atoms with Gasteiger partial charge in [0.1, 0.15) is 12.6 Å². The molecule has 8 nitrogen and oxygen atoms in total. The minimum absolute atomic E-state index is 0.0330. The molecule has 0 aliphatic heterocycles. The number of hydrogen-bond donors (Lipinski definition) is 0. The first-order chi connectivity index (χ1) is 23.1. The van der Waals surface area contributed by atoms with Crippen LogP contribution in [-0.2, 0) is 28.6 Å². The second kappa shape index (κ2) is 32.0. The van der Waals surface area contributed by atoms with Crippen LogP contribution in [0.25, 0.3) is 0 Å². The van der Waals surface area contributed by atoms with Gasteiger partial charge in [-0.2, -0.15) is 0 Å². The molecule has 0 saturated carbocycles. The predicted molar refractivity (Wildman–Crippen MR) is 194 cm³/mol. The van der Waals surface area contributed by atoms with Crippen LogP contribution in [-0.4, -0.2) is 75.5 Å². The maximum absolute atomic E-state index is 12.6. The molecule has 0 amide bonds. The lowest BCUT2D eigenvalue weighted by Gasteiger charge is -2.34. The van der Waals surface area contributed by atoms with Crippen LogP contribution in [0.3, 0.4) is 0 Å². The number of likely N-dealkylation sites (N-methyl/N-ethyl adjacent to an activating group) is 1. The fourth-order valence-electron chi connectivity index (χ4n) is 5.52. The zero-order valence-electron chi connectivity index (χ0n) is 31.7. The molecule has 0 aliphatic carbocycles. The van der Waals surface area contributed by atoms with Crippen molar-refractivity contribution in [2.45, 2.75) is 174 Å². The van der Waals surface area contributed by atoms with Crippen molar-refractivity contribution < 1.29 is 38.2 Å². The van der Waals surface area contributed by atoms with E-state index in [2.05, 4.69) is 38.2 Å². The molecule has 280 valence electrons. The smallest absolute Gasteiger partial charge is 0.306 e. The molecule has 8 heteroatoms. The van der Waals surface area contributed by atoms with E-state index in [1.165, 1.54) is 77.0 Å². The lowest BCUT2D eigenvalue weighted by molar-refractivity contribution is -0.889. The Morgan fingerprint density at radius 3 is 1.62 bits per heavy atom. The van der Waals surface area contributed by atoms with Crippen molar-refractivity contribution in [3.05, 3.63) is 24.3 Å². The van der Waals surface area contributed by atoms with Crippen LogP contribution in [0.2, 0.25) is 0 Å². The first-order valence-corrected chi connectivity index (χ1v) is 19.4. The van der Waals surface area contributed by atoms with Crippen LogP contribution in [0.4, 0.5) is 0 Å². The van der Waals surface area contributed by atoms with Gasteiger partial charge < -0.3 is 28.6 Å². The number of carbonyl (C=O) groups is 3. The zero-order valence-corrected chi connectivity index (χ0v) is 31.7. The Balaban J connectivity index is 4.44. The maximum Gasteiger partial charge on any atom is 0.306 e. The molecule has 0 spiro atoms. The molecule has 0 bridgehead atoms. The van der Waals surface area contributed by atoms with E-state index in [1.807, 2.05) is 0 Å². The maximum atomic E-state index is 12.6. The summed E-state index contributed by atoms with van der Waals surface area (Å²) in [5.74, 6) is -1.77. The van der Waals surface area contributed by atoms with Crippen molar-refractivity contribution >= 4 is 17.9 Å². The number of carboxylic acids is 1. The minimum atomic E-state index is -1.13. The number of rotatable bonds is 34. The Hall–Kier alpha value is -2.19. The summed E-state index contributed by atoms with van der Waals surface area (Å²) >= 11 is 0. The third-order valence-corrected chi connectivity index (χ3v) is 8.62. The van der Waals surface area contributed by atoms with Gasteiger partial charge in [0, 0.05) is 19.3 Å². The highest BCUT2D eigenvalue weighted by atomic mass is 16.6. The van der Waals surface area contributed by atoms with Crippen LogP contribution in [0.1, 0.15) is 162 Å². The summed E-state index contributed by atoms with van der Waals surface area (Å²) in [6.07, 6.45) is 32.0. The van der Waals surface area contributed by atoms with E-state index < -0.39 is 18.1 Å². The highest BCUT2D eigenvalue weighted by Crippen LogP contribution is 2.14. The van der Waals surface area contributed by atoms with Crippen LogP contribution < -0.4 is 5.11 Å². The lowest BCUT2D eigenvalue weighted by atomic mass is 10.0. The molecule has 0 heterocycles. The van der Waals surface area contributed by atoms with Gasteiger partial charge in [0.2, 0.25) is 0 Å². The summed E-state index contributed by atoms with van der Waals surface area (Å²) in [4.78, 5) is 36.6. The largest absolute Gasteiger partial charge is 0.544 e. The van der Waals surface area contributed by atoms with Crippen LogP contribution >= 0.6 is 0 Å². The number of carboxylic acid groups (broad SMARTS) is 1. The molecule has 0 aromatic carbocycles. The van der Waals surface area contributed by atoms with E-state index in [1.54, 1.807) is 21.1 Å². The Morgan fingerprint density at radius 1 is 0.625 bits per heavy atom. The molecule has 0 N–H and O–H groups in total. The number of allylic oxidation sites excluding steroid dienone is 4. The fraction of sp³-hybridized carbons (Fsp3) is 0.825. The topological polar surface area (TPSA) is 102 Å². The second-order valence-electron chi connectivity index (χ2n) is 14.2. The van der Waals surface area contributed by atoms with Gasteiger partial charge in [-0.1, -0.05) is 134 Å². The van der Waals surface area contributed by atoms with Crippen LogP contribution in [0.5, 0.6) is 0 Å². The van der Waals surface area contributed by atoms with Crippen molar-refractivity contribution in [2.24, 2.45) is 0 Å². The number of carbonyl (C=O) groups excluding carboxylic acids is 3. The Morgan fingerprint density at radius 2 is 1.10 bits per heavy atom. The highest BCUT2D eigenvalue weighted by Gasteiger charge is 2.25. The van der Waals surface area contributed by atoms with Gasteiger partial charge in [0.15, 0.2) is 6.10 Å². The first kappa shape index (κ1) is 45.8. The zero-order chi connectivity index (χ0) is 35.7. The Labute approximate surface area is 294 Å². The van der Waals surface area contributed by atoms with Crippen LogP contribution in [0, 0.1) is 0 Å². The predicted octanol–water partition coefficient (Wildman–Crippen LogP) is 8.41. The molecular weight excluding hydrogens is 606 g/mol. The molecule has 0 saturated heterocycles. The van der Waals surface area contributed by atoms with Gasteiger partial charge in [-0.15, -0.1) is 0 Å². The summed E-state index contributed by atoms with van der Waals surface area (Å²) in [5, 5.41) is 11.6. The molecule has 0 rings (SSSR count). The van der Waals surface area contributed by atoms with Crippen molar-refractivity contribution in [3.63, 3.8) is 0 Å². The van der Waals surface area contributed by atoms with E-state index in [9.17, 15) is 19.5 Å². The molecule has 2 atom stereocenters. The average molecular weight is 680 g/mol. The monoisotopic (exact) mass is 680 g/mol. The normalized spacial score (nSPS) is 13.3. The summed E-state index contributed by atoms with van der Waals surface area (Å²) in [6, 6.07) is -0.726. The SMILES string of the molecule is CCCC/C=C/C=C/CCCCCC(=O)OC(COCCC(C(=O)[O-])[N+](C)(C)C)COC(=O)CCCCCCCCCCCCCCC. The van der Waals surface area contributed by atoms with Gasteiger partial charge in [-0.25, -0.2) is 0 Å². The molecule has 2 unspecified atom stereocenters. The summed E-state index contributed by atoms with van der Waals surface area (Å²) in [6.45, 7) is 4.57. The average Bonchev–Trinajstić information content (AvgIpc) is 3.03. The standard InChI is InChI=1S/C40H73NO7/c1-6-8-10-12-14-16-18-19-21-22-24-26-28-30-38(42)47-35-36(34-46-33-32-37(40(44)45)41(3,4)5)48-39(43)31-29-27-25-23-20-17-15-13-11-9-7-2/h13,15,17,20,36-37H,6-12,14,16,18-19,21-35H2,1-5H3/b15-13+,20-17+. The summed E-state index contributed by atoms with van der Waals surface area (Å²) in [5.41, 5.74) is 0. The first-order valence-electron chi connectivity index (χ1n) is 19.4. The van der Waals surface area contributed by atoms with Gasteiger partial charge in [0.25, 0.3) is 0 Å². The summed E-state index contributed by atoms with van der Waals surface area (Å²) < 4.78 is 17.0. The quantitative estimate of drug-likeness (QED) is 0.0291. The van der Waals surface area contributed by atoms with Crippen molar-refractivity contribution in [3.8, 4) is 0 Å². The van der Waals surface area contributed by atoms with Crippen molar-refractivity contribution in [1.82, 2.24) is 0 Å². The Bertz CT molecular complexity index is 849. The van der Waals surface area contributed by atoms with Gasteiger partial charge in [-0.05, 0) is 32.1 Å². The van der Waals surface area contributed by atoms with E-state index in [0.717, 1.165) is 51.4 Å². The van der Waals surface area contributed by atoms with E-state index >= 15 is 0 Å². The molecular formula is C40H73NO7. The third kappa shape index (κ3) is 29.9. The molecule has 0 aromatic heterocycles. The molecule has 0 aliphatic rings. The molecule has 0 fully saturated rings. The van der Waals surface area contributed by atoms with E-state index in [4.69, 9.17) is 14.2 Å². The number of hydrogen-bond acceptors (Lipinski definition) is 7. The van der Waals surface area contributed by atoms with E-state index in [-0.39, 0.29) is 49.1 Å². The van der Waals surface area contributed by atoms with Gasteiger partial charge >= 0.3 is 11.9 Å².